The Morgan fingerprint density at radius 2 is 1.63 bits per heavy atom. The monoisotopic (exact) mass is 357 g/mol. The second kappa shape index (κ2) is 5.99. The van der Waals surface area contributed by atoms with Crippen LogP contribution in [-0.4, -0.2) is 14.5 Å². The van der Waals surface area contributed by atoms with Crippen LogP contribution in [0.4, 0.5) is 8.78 Å². The second-order valence-corrected chi connectivity index (χ2v) is 6.23. The summed E-state index contributed by atoms with van der Waals surface area (Å²) in [6, 6.07) is 20.8. The van der Waals surface area contributed by atoms with Gasteiger partial charge in [0.1, 0.15) is 23.1 Å². The van der Waals surface area contributed by atoms with Gasteiger partial charge in [0.05, 0.1) is 11.2 Å². The molecule has 27 heavy (non-hydrogen) atoms. The zero-order valence-corrected chi connectivity index (χ0v) is 14.1. The molecule has 0 N–H and O–H groups in total. The Morgan fingerprint density at radius 1 is 0.778 bits per heavy atom. The summed E-state index contributed by atoms with van der Waals surface area (Å²) in [5.74, 6) is -0.625. The van der Waals surface area contributed by atoms with Gasteiger partial charge in [0.25, 0.3) is 0 Å². The lowest BCUT2D eigenvalue weighted by atomic mass is 10.1. The first kappa shape index (κ1) is 15.6. The van der Waals surface area contributed by atoms with E-state index >= 15 is 0 Å². The van der Waals surface area contributed by atoms with Gasteiger partial charge >= 0.3 is 0 Å². The van der Waals surface area contributed by atoms with Crippen molar-refractivity contribution in [2.24, 2.45) is 0 Å². The van der Waals surface area contributed by atoms with E-state index in [1.165, 1.54) is 12.1 Å². The molecule has 0 unspecified atom stereocenters. The molecular formula is C22H13F2N3. The van der Waals surface area contributed by atoms with Gasteiger partial charge in [-0.25, -0.2) is 18.7 Å². The SMILES string of the molecule is Fc1ccc(-c2cccc(-n3c4ccccc4c4cccnc43)n2)c(F)c1. The topological polar surface area (TPSA) is 30.7 Å². The lowest BCUT2D eigenvalue weighted by molar-refractivity contribution is 0.585. The third-order valence-corrected chi connectivity index (χ3v) is 4.60. The minimum atomic E-state index is -0.639. The van der Waals surface area contributed by atoms with E-state index in [-0.39, 0.29) is 5.56 Å². The lowest BCUT2D eigenvalue weighted by Crippen LogP contribution is -2.00. The molecule has 0 spiro atoms. The highest BCUT2D eigenvalue weighted by Gasteiger charge is 2.15. The first-order chi connectivity index (χ1) is 13.2. The van der Waals surface area contributed by atoms with E-state index in [4.69, 9.17) is 0 Å². The molecule has 0 aliphatic rings. The van der Waals surface area contributed by atoms with Crippen LogP contribution in [0.3, 0.4) is 0 Å². The van der Waals surface area contributed by atoms with Crippen LogP contribution in [0.5, 0.6) is 0 Å². The van der Waals surface area contributed by atoms with Crippen molar-refractivity contribution >= 4 is 21.9 Å². The smallest absolute Gasteiger partial charge is 0.146 e. The normalized spacial score (nSPS) is 11.3. The number of benzene rings is 2. The Morgan fingerprint density at radius 3 is 2.52 bits per heavy atom. The van der Waals surface area contributed by atoms with Crippen molar-refractivity contribution in [3.05, 3.63) is 90.6 Å². The standard InChI is InChI=1S/C22H13F2N3/c23-14-10-11-17(18(24)13-14)19-7-3-9-21(26-19)27-20-8-2-1-5-15(20)16-6-4-12-25-22(16)27/h1-13H. The second-order valence-electron chi connectivity index (χ2n) is 6.23. The fourth-order valence-corrected chi connectivity index (χ4v) is 3.42. The summed E-state index contributed by atoms with van der Waals surface area (Å²) >= 11 is 0. The summed E-state index contributed by atoms with van der Waals surface area (Å²) in [6.45, 7) is 0. The zero-order valence-electron chi connectivity index (χ0n) is 14.1. The van der Waals surface area contributed by atoms with Crippen molar-refractivity contribution in [2.45, 2.75) is 0 Å². The third-order valence-electron chi connectivity index (χ3n) is 4.60. The molecule has 0 saturated heterocycles. The number of pyridine rings is 2. The van der Waals surface area contributed by atoms with Crippen molar-refractivity contribution in [3.63, 3.8) is 0 Å². The Balaban J connectivity index is 1.78. The van der Waals surface area contributed by atoms with Gasteiger partial charge in [0.15, 0.2) is 0 Å². The van der Waals surface area contributed by atoms with E-state index < -0.39 is 11.6 Å². The summed E-state index contributed by atoms with van der Waals surface area (Å²) in [7, 11) is 0. The highest BCUT2D eigenvalue weighted by atomic mass is 19.1. The number of para-hydroxylation sites is 1. The van der Waals surface area contributed by atoms with Gasteiger partial charge in [-0.05, 0) is 42.5 Å². The maximum absolute atomic E-state index is 14.2. The maximum Gasteiger partial charge on any atom is 0.146 e. The molecule has 2 aromatic carbocycles. The molecule has 3 nitrogen and oxygen atoms in total. The zero-order chi connectivity index (χ0) is 18.4. The van der Waals surface area contributed by atoms with Crippen LogP contribution in [0, 0.1) is 11.6 Å². The maximum atomic E-state index is 14.2. The van der Waals surface area contributed by atoms with Crippen LogP contribution in [0.15, 0.2) is 79.0 Å². The Labute approximate surface area is 153 Å². The summed E-state index contributed by atoms with van der Waals surface area (Å²) in [6.07, 6.45) is 1.74. The molecular weight excluding hydrogens is 344 g/mol. The van der Waals surface area contributed by atoms with Crippen molar-refractivity contribution in [3.8, 4) is 17.1 Å². The average Bonchev–Trinajstić information content (AvgIpc) is 3.03. The summed E-state index contributed by atoms with van der Waals surface area (Å²) in [4.78, 5) is 9.16. The van der Waals surface area contributed by atoms with Crippen molar-refractivity contribution < 1.29 is 8.78 Å². The van der Waals surface area contributed by atoms with Gasteiger partial charge in [-0.2, -0.15) is 0 Å². The predicted octanol–water partition coefficient (Wildman–Crippen LogP) is 5.52. The van der Waals surface area contributed by atoms with Crippen LogP contribution in [0.25, 0.3) is 39.0 Å². The molecule has 130 valence electrons. The number of hydrogen-bond acceptors (Lipinski definition) is 2. The van der Waals surface area contributed by atoms with E-state index in [2.05, 4.69) is 9.97 Å². The molecule has 0 aliphatic carbocycles. The number of halogens is 2. The van der Waals surface area contributed by atoms with Crippen molar-refractivity contribution in [1.82, 2.24) is 14.5 Å². The lowest BCUT2D eigenvalue weighted by Gasteiger charge is -2.09. The van der Waals surface area contributed by atoms with Gasteiger partial charge in [0, 0.05) is 28.6 Å². The minimum Gasteiger partial charge on any atom is -0.278 e. The number of hydrogen-bond donors (Lipinski definition) is 0. The fourth-order valence-electron chi connectivity index (χ4n) is 3.42. The summed E-state index contributed by atoms with van der Waals surface area (Å²) in [5, 5.41) is 2.09. The molecule has 0 aliphatic heterocycles. The molecule has 0 saturated carbocycles. The van der Waals surface area contributed by atoms with Gasteiger partial charge in [-0.3, -0.25) is 4.57 Å². The Hall–Kier alpha value is -3.60. The average molecular weight is 357 g/mol. The third kappa shape index (κ3) is 2.47. The molecule has 0 amide bonds. The molecule has 5 rings (SSSR count). The molecule has 0 radical (unpaired) electrons. The van der Waals surface area contributed by atoms with Gasteiger partial charge in [-0.1, -0.05) is 24.3 Å². The number of rotatable bonds is 2. The highest BCUT2D eigenvalue weighted by Crippen LogP contribution is 2.31. The van der Waals surface area contributed by atoms with E-state index in [9.17, 15) is 8.78 Å². The number of nitrogens with zero attached hydrogens (tertiary/aromatic N) is 3. The number of aromatic nitrogens is 3. The quantitative estimate of drug-likeness (QED) is 0.416. The molecule has 5 heteroatoms. The van der Waals surface area contributed by atoms with E-state index in [1.54, 1.807) is 12.3 Å². The van der Waals surface area contributed by atoms with Crippen LogP contribution < -0.4 is 0 Å². The summed E-state index contributed by atoms with van der Waals surface area (Å²) < 4.78 is 29.4. The predicted molar refractivity (Wildman–Crippen MR) is 102 cm³/mol. The number of fused-ring (bicyclic) bond motifs is 3. The molecule has 3 heterocycles. The first-order valence-electron chi connectivity index (χ1n) is 8.49. The first-order valence-corrected chi connectivity index (χ1v) is 8.49. The molecule has 0 atom stereocenters. The van der Waals surface area contributed by atoms with Crippen LogP contribution >= 0.6 is 0 Å². The molecule has 0 fully saturated rings. The fraction of sp³-hybridized carbons (Fsp3) is 0. The summed E-state index contributed by atoms with van der Waals surface area (Å²) in [5.41, 5.74) is 2.44. The molecule has 3 aromatic heterocycles. The van der Waals surface area contributed by atoms with E-state index in [1.807, 2.05) is 53.1 Å². The van der Waals surface area contributed by atoms with Crippen LogP contribution in [0.1, 0.15) is 0 Å². The van der Waals surface area contributed by atoms with Crippen molar-refractivity contribution in [1.29, 1.82) is 0 Å². The van der Waals surface area contributed by atoms with Gasteiger partial charge < -0.3 is 0 Å². The largest absolute Gasteiger partial charge is 0.278 e. The van der Waals surface area contributed by atoms with Gasteiger partial charge in [-0.15, -0.1) is 0 Å². The van der Waals surface area contributed by atoms with E-state index in [0.29, 0.717) is 11.5 Å². The van der Waals surface area contributed by atoms with Crippen LogP contribution in [0.2, 0.25) is 0 Å². The Kier molecular flexibility index (Phi) is 3.47. The van der Waals surface area contributed by atoms with Gasteiger partial charge in [0.2, 0.25) is 0 Å². The minimum absolute atomic E-state index is 0.256. The van der Waals surface area contributed by atoms with Crippen molar-refractivity contribution in [2.75, 3.05) is 0 Å². The Bertz CT molecular complexity index is 1250. The highest BCUT2D eigenvalue weighted by molar-refractivity contribution is 6.07. The molecule has 5 aromatic rings. The van der Waals surface area contributed by atoms with E-state index in [0.717, 1.165) is 28.0 Å². The van der Waals surface area contributed by atoms with Crippen LogP contribution in [-0.2, 0) is 0 Å². The molecule has 0 bridgehead atoms.